The maximum Gasteiger partial charge on any atom is 0.243 e. The smallest absolute Gasteiger partial charge is 0.243 e. The van der Waals surface area contributed by atoms with E-state index in [1.54, 1.807) is 26.0 Å². The van der Waals surface area contributed by atoms with Gasteiger partial charge in [0.15, 0.2) is 0 Å². The summed E-state index contributed by atoms with van der Waals surface area (Å²) in [4.78, 5) is 12.1. The summed E-state index contributed by atoms with van der Waals surface area (Å²) in [6.07, 6.45) is 0. The molecule has 0 fully saturated rings. The number of carbonyl (C=O) groups is 1. The third-order valence-electron chi connectivity index (χ3n) is 3.34. The van der Waals surface area contributed by atoms with Crippen LogP contribution in [0.2, 0.25) is 0 Å². The van der Waals surface area contributed by atoms with E-state index in [0.29, 0.717) is 19.0 Å². The molecule has 0 radical (unpaired) electrons. The van der Waals surface area contributed by atoms with Gasteiger partial charge in [0.2, 0.25) is 15.9 Å². The summed E-state index contributed by atoms with van der Waals surface area (Å²) in [6, 6.07) is 4.46. The van der Waals surface area contributed by atoms with Gasteiger partial charge in [0.05, 0.1) is 24.7 Å². The molecule has 7 nitrogen and oxygen atoms in total. The van der Waals surface area contributed by atoms with Crippen LogP contribution >= 0.6 is 0 Å². The maximum atomic E-state index is 12.6. The number of carbonyl (C=O) groups excluding carboxylic acids is 1. The van der Waals surface area contributed by atoms with Crippen molar-refractivity contribution in [2.45, 2.75) is 31.7 Å². The number of ether oxygens (including phenoxy) is 2. The third-order valence-corrected chi connectivity index (χ3v) is 5.14. The normalized spacial score (nSPS) is 12.9. The third kappa shape index (κ3) is 5.47. The number of likely N-dealkylation sites (N-methyl/N-ethyl adjacent to an activating group) is 1. The molecule has 0 saturated heterocycles. The molecular weight excluding hydrogens is 332 g/mol. The number of rotatable bonds is 9. The summed E-state index contributed by atoms with van der Waals surface area (Å²) in [5.74, 6) is 0.263. The van der Waals surface area contributed by atoms with E-state index in [1.807, 2.05) is 6.92 Å². The van der Waals surface area contributed by atoms with Crippen molar-refractivity contribution in [3.05, 3.63) is 23.8 Å². The Labute approximate surface area is 144 Å². The lowest BCUT2D eigenvalue weighted by atomic mass is 10.2. The molecule has 0 aliphatic rings. The lowest BCUT2D eigenvalue weighted by Crippen LogP contribution is -2.43. The van der Waals surface area contributed by atoms with Crippen molar-refractivity contribution >= 4 is 15.9 Å². The lowest BCUT2D eigenvalue weighted by Gasteiger charge is -2.19. The Bertz CT molecular complexity index is 660. The van der Waals surface area contributed by atoms with Gasteiger partial charge in [-0.15, -0.1) is 0 Å². The number of benzene rings is 1. The highest BCUT2D eigenvalue weighted by molar-refractivity contribution is 7.89. The number of nitrogens with zero attached hydrogens (tertiary/aromatic N) is 1. The number of aryl methyl sites for hydroxylation is 1. The summed E-state index contributed by atoms with van der Waals surface area (Å²) in [5.41, 5.74) is 0.726. The zero-order chi connectivity index (χ0) is 18.3. The van der Waals surface area contributed by atoms with E-state index in [0.717, 1.165) is 9.87 Å². The average Bonchev–Trinajstić information content (AvgIpc) is 2.49. The molecule has 8 heteroatoms. The Hall–Kier alpha value is -1.64. The van der Waals surface area contributed by atoms with E-state index < -0.39 is 10.0 Å². The minimum Gasteiger partial charge on any atom is -0.494 e. The first kappa shape index (κ1) is 20.4. The van der Waals surface area contributed by atoms with E-state index in [2.05, 4.69) is 5.32 Å². The number of hydrogen-bond donors (Lipinski definition) is 1. The molecule has 0 unspecified atom stereocenters. The molecule has 1 atom stereocenters. The van der Waals surface area contributed by atoms with Gasteiger partial charge >= 0.3 is 0 Å². The van der Waals surface area contributed by atoms with Crippen LogP contribution in [0.25, 0.3) is 0 Å². The van der Waals surface area contributed by atoms with E-state index in [-0.39, 0.29) is 23.4 Å². The van der Waals surface area contributed by atoms with E-state index in [1.165, 1.54) is 20.2 Å². The largest absolute Gasteiger partial charge is 0.494 e. The van der Waals surface area contributed by atoms with Crippen molar-refractivity contribution in [1.29, 1.82) is 0 Å². The molecule has 0 bridgehead atoms. The first-order chi connectivity index (χ1) is 11.2. The van der Waals surface area contributed by atoms with Crippen LogP contribution in [-0.2, 0) is 19.6 Å². The molecule has 1 rings (SSSR count). The molecule has 0 heterocycles. The van der Waals surface area contributed by atoms with Gasteiger partial charge in [0.1, 0.15) is 5.75 Å². The zero-order valence-electron chi connectivity index (χ0n) is 14.8. The summed E-state index contributed by atoms with van der Waals surface area (Å²) < 4.78 is 36.5. The van der Waals surface area contributed by atoms with Crippen LogP contribution in [0.1, 0.15) is 19.4 Å². The minimum atomic E-state index is -3.75. The van der Waals surface area contributed by atoms with Crippen LogP contribution in [-0.4, -0.2) is 58.6 Å². The van der Waals surface area contributed by atoms with E-state index in [9.17, 15) is 13.2 Å². The molecule has 1 aromatic carbocycles. The lowest BCUT2D eigenvalue weighted by molar-refractivity contribution is -0.122. The second-order valence-electron chi connectivity index (χ2n) is 5.55. The van der Waals surface area contributed by atoms with Gasteiger partial charge in [0, 0.05) is 20.2 Å². The monoisotopic (exact) mass is 358 g/mol. The molecule has 136 valence electrons. The Morgan fingerprint density at radius 1 is 1.38 bits per heavy atom. The van der Waals surface area contributed by atoms with Crippen molar-refractivity contribution in [2.24, 2.45) is 0 Å². The molecule has 1 N–H and O–H groups in total. The number of methoxy groups -OCH3 is 1. The van der Waals surface area contributed by atoms with Crippen molar-refractivity contribution in [3.63, 3.8) is 0 Å². The summed E-state index contributed by atoms with van der Waals surface area (Å²) >= 11 is 0. The molecule has 0 spiro atoms. The van der Waals surface area contributed by atoms with Gasteiger partial charge in [-0.3, -0.25) is 4.79 Å². The van der Waals surface area contributed by atoms with Crippen molar-refractivity contribution in [2.75, 3.05) is 33.9 Å². The van der Waals surface area contributed by atoms with Crippen LogP contribution < -0.4 is 10.1 Å². The zero-order valence-corrected chi connectivity index (χ0v) is 15.6. The maximum absolute atomic E-state index is 12.6. The van der Waals surface area contributed by atoms with Gasteiger partial charge in [-0.1, -0.05) is 0 Å². The highest BCUT2D eigenvalue weighted by atomic mass is 32.2. The standard InChI is InChI=1S/C16H26N2O5S/c1-6-23-15-8-7-14(9-12(15)2)24(20,21)18(4)10-16(19)17-13(3)11-22-5/h7-9,13H,6,10-11H2,1-5H3,(H,17,19)/t13-/m0/s1. The molecular formula is C16H26N2O5S. The predicted molar refractivity (Wildman–Crippen MR) is 91.6 cm³/mol. The minimum absolute atomic E-state index is 0.128. The summed E-state index contributed by atoms with van der Waals surface area (Å²) in [5, 5.41) is 2.68. The Kier molecular flexibility index (Phi) is 7.65. The number of nitrogens with one attached hydrogen (secondary N) is 1. The second-order valence-corrected chi connectivity index (χ2v) is 7.59. The fraction of sp³-hybridized carbons (Fsp3) is 0.562. The molecule has 1 amide bonds. The highest BCUT2D eigenvalue weighted by Crippen LogP contribution is 2.23. The molecule has 0 aliphatic heterocycles. The van der Waals surface area contributed by atoms with Crippen LogP contribution in [0.4, 0.5) is 0 Å². The molecule has 0 aliphatic carbocycles. The fourth-order valence-corrected chi connectivity index (χ4v) is 3.39. The molecule has 24 heavy (non-hydrogen) atoms. The number of hydrogen-bond acceptors (Lipinski definition) is 5. The SMILES string of the molecule is CCOc1ccc(S(=O)(=O)N(C)CC(=O)N[C@@H](C)COC)cc1C. The predicted octanol–water partition coefficient (Wildman–Crippen LogP) is 1.17. The quantitative estimate of drug-likeness (QED) is 0.716. The number of sulfonamides is 1. The summed E-state index contributed by atoms with van der Waals surface area (Å²) in [7, 11) is -0.839. The Morgan fingerprint density at radius 2 is 2.04 bits per heavy atom. The van der Waals surface area contributed by atoms with Crippen LogP contribution in [0.15, 0.2) is 23.1 Å². The molecule has 0 saturated carbocycles. The Morgan fingerprint density at radius 3 is 2.58 bits per heavy atom. The van der Waals surface area contributed by atoms with Crippen molar-refractivity contribution < 1.29 is 22.7 Å². The molecule has 0 aromatic heterocycles. The van der Waals surface area contributed by atoms with Gasteiger partial charge in [-0.2, -0.15) is 4.31 Å². The van der Waals surface area contributed by atoms with Crippen LogP contribution in [0.5, 0.6) is 5.75 Å². The van der Waals surface area contributed by atoms with E-state index >= 15 is 0 Å². The van der Waals surface area contributed by atoms with E-state index in [4.69, 9.17) is 9.47 Å². The average molecular weight is 358 g/mol. The van der Waals surface area contributed by atoms with Crippen molar-refractivity contribution in [1.82, 2.24) is 9.62 Å². The van der Waals surface area contributed by atoms with Crippen LogP contribution in [0.3, 0.4) is 0 Å². The fourth-order valence-electron chi connectivity index (χ4n) is 2.18. The van der Waals surface area contributed by atoms with Gasteiger partial charge in [0.25, 0.3) is 0 Å². The topological polar surface area (TPSA) is 84.9 Å². The van der Waals surface area contributed by atoms with Crippen molar-refractivity contribution in [3.8, 4) is 5.75 Å². The number of amides is 1. The Balaban J connectivity index is 2.83. The second kappa shape index (κ2) is 9.00. The first-order valence-electron chi connectivity index (χ1n) is 7.70. The van der Waals surface area contributed by atoms with Gasteiger partial charge < -0.3 is 14.8 Å². The molecule has 1 aromatic rings. The summed E-state index contributed by atoms with van der Waals surface area (Å²) in [6.45, 7) is 6.03. The van der Waals surface area contributed by atoms with Crippen LogP contribution in [0, 0.1) is 6.92 Å². The van der Waals surface area contributed by atoms with Gasteiger partial charge in [-0.25, -0.2) is 8.42 Å². The van der Waals surface area contributed by atoms with Gasteiger partial charge in [-0.05, 0) is 44.5 Å². The first-order valence-corrected chi connectivity index (χ1v) is 9.14. The highest BCUT2D eigenvalue weighted by Gasteiger charge is 2.24.